The summed E-state index contributed by atoms with van der Waals surface area (Å²) in [6, 6.07) is 9.04. The Bertz CT molecular complexity index is 775. The van der Waals surface area contributed by atoms with Crippen LogP contribution in [0.15, 0.2) is 29.4 Å². The molecular weight excluding hydrogens is 310 g/mol. The van der Waals surface area contributed by atoms with Crippen LogP contribution in [0.5, 0.6) is 0 Å². The van der Waals surface area contributed by atoms with Gasteiger partial charge >= 0.3 is 0 Å². The quantitative estimate of drug-likeness (QED) is 0.854. The highest BCUT2D eigenvalue weighted by atomic mass is 32.2. The molecule has 1 aliphatic carbocycles. The van der Waals surface area contributed by atoms with E-state index in [9.17, 15) is 4.79 Å². The molecule has 0 spiro atoms. The summed E-state index contributed by atoms with van der Waals surface area (Å²) in [4.78, 5) is 12.4. The predicted molar refractivity (Wildman–Crippen MR) is 88.1 cm³/mol. The number of anilines is 1. The molecule has 118 valence electrons. The number of thioether (sulfide) groups is 1. The molecule has 1 heterocycles. The van der Waals surface area contributed by atoms with Crippen LogP contribution in [0.1, 0.15) is 37.1 Å². The van der Waals surface area contributed by atoms with E-state index in [1.54, 1.807) is 24.3 Å². The standard InChI is InChI=1S/C16H17N5OS/c1-10(15(22)18-13-6-4-3-5-12(13)9-17)23-16-20-19-14(21(16)2)11-7-8-11/h3-6,10-11H,7-8H2,1-2H3,(H,18,22)/t10-/m1/s1. The van der Waals surface area contributed by atoms with Crippen molar-refractivity contribution in [2.24, 2.45) is 7.05 Å². The molecule has 1 amide bonds. The monoisotopic (exact) mass is 327 g/mol. The van der Waals surface area contributed by atoms with Gasteiger partial charge < -0.3 is 9.88 Å². The molecule has 1 fully saturated rings. The van der Waals surface area contributed by atoms with E-state index in [1.807, 2.05) is 18.5 Å². The average molecular weight is 327 g/mol. The first kappa shape index (κ1) is 15.6. The molecule has 1 atom stereocenters. The molecule has 0 bridgehead atoms. The van der Waals surface area contributed by atoms with Gasteiger partial charge in [-0.1, -0.05) is 23.9 Å². The lowest BCUT2D eigenvalue weighted by atomic mass is 10.2. The van der Waals surface area contributed by atoms with E-state index < -0.39 is 0 Å². The van der Waals surface area contributed by atoms with Gasteiger partial charge in [0.05, 0.1) is 16.5 Å². The molecule has 23 heavy (non-hydrogen) atoms. The third-order valence-corrected chi connectivity index (χ3v) is 4.90. The number of nitrogens with one attached hydrogen (secondary N) is 1. The third kappa shape index (κ3) is 3.37. The van der Waals surface area contributed by atoms with Crippen LogP contribution in [0.3, 0.4) is 0 Å². The Morgan fingerprint density at radius 3 is 2.87 bits per heavy atom. The highest BCUT2D eigenvalue weighted by Crippen LogP contribution is 2.39. The second-order valence-corrected chi connectivity index (χ2v) is 6.89. The third-order valence-electron chi connectivity index (χ3n) is 3.77. The fourth-order valence-electron chi connectivity index (χ4n) is 2.26. The van der Waals surface area contributed by atoms with Crippen molar-refractivity contribution in [3.63, 3.8) is 0 Å². The van der Waals surface area contributed by atoms with Crippen LogP contribution in [0.4, 0.5) is 5.69 Å². The number of aromatic nitrogens is 3. The molecule has 1 aromatic heterocycles. The first-order valence-electron chi connectivity index (χ1n) is 7.46. The molecule has 0 aliphatic heterocycles. The lowest BCUT2D eigenvalue weighted by Crippen LogP contribution is -2.23. The topological polar surface area (TPSA) is 83.6 Å². The summed E-state index contributed by atoms with van der Waals surface area (Å²) < 4.78 is 1.97. The summed E-state index contributed by atoms with van der Waals surface area (Å²) in [7, 11) is 1.94. The van der Waals surface area contributed by atoms with Gasteiger partial charge in [-0.25, -0.2) is 0 Å². The Morgan fingerprint density at radius 1 is 1.43 bits per heavy atom. The van der Waals surface area contributed by atoms with Crippen molar-refractivity contribution in [1.82, 2.24) is 14.8 Å². The summed E-state index contributed by atoms with van der Waals surface area (Å²) in [5, 5.41) is 20.7. The van der Waals surface area contributed by atoms with Crippen molar-refractivity contribution in [3.05, 3.63) is 35.7 Å². The maximum atomic E-state index is 12.4. The summed E-state index contributed by atoms with van der Waals surface area (Å²) in [5.74, 6) is 1.36. The highest BCUT2D eigenvalue weighted by Gasteiger charge is 2.30. The molecule has 7 heteroatoms. The van der Waals surface area contributed by atoms with Crippen molar-refractivity contribution >= 4 is 23.4 Å². The molecule has 0 unspecified atom stereocenters. The van der Waals surface area contributed by atoms with E-state index in [0.29, 0.717) is 17.2 Å². The predicted octanol–water partition coefficient (Wildman–Crippen LogP) is 2.68. The first-order valence-corrected chi connectivity index (χ1v) is 8.34. The van der Waals surface area contributed by atoms with Crippen LogP contribution in [0, 0.1) is 11.3 Å². The van der Waals surface area contributed by atoms with Gasteiger partial charge in [0.25, 0.3) is 0 Å². The van der Waals surface area contributed by atoms with Crippen molar-refractivity contribution in [1.29, 1.82) is 5.26 Å². The number of rotatable bonds is 5. The number of para-hydroxylation sites is 1. The van der Waals surface area contributed by atoms with Crippen LogP contribution in [0.25, 0.3) is 0 Å². The highest BCUT2D eigenvalue weighted by molar-refractivity contribution is 8.00. The molecule has 3 rings (SSSR count). The zero-order chi connectivity index (χ0) is 16.4. The van der Waals surface area contributed by atoms with E-state index in [0.717, 1.165) is 23.8 Å². The van der Waals surface area contributed by atoms with E-state index in [4.69, 9.17) is 5.26 Å². The van der Waals surface area contributed by atoms with Gasteiger partial charge in [-0.05, 0) is 31.9 Å². The summed E-state index contributed by atoms with van der Waals surface area (Å²) in [6.07, 6.45) is 2.33. The second-order valence-electron chi connectivity index (χ2n) is 5.58. The molecule has 1 N–H and O–H groups in total. The van der Waals surface area contributed by atoms with Crippen molar-refractivity contribution in [2.75, 3.05) is 5.32 Å². The minimum absolute atomic E-state index is 0.159. The van der Waals surface area contributed by atoms with Crippen molar-refractivity contribution < 1.29 is 4.79 Å². The number of carbonyl (C=O) groups excluding carboxylic acids is 1. The minimum atomic E-state index is -0.336. The number of nitriles is 1. The SMILES string of the molecule is C[C@@H](Sc1nnc(C2CC2)n1C)C(=O)Nc1ccccc1C#N. The molecule has 6 nitrogen and oxygen atoms in total. The van der Waals surface area contributed by atoms with Gasteiger partial charge in [0.2, 0.25) is 5.91 Å². The fourth-order valence-corrected chi connectivity index (χ4v) is 3.08. The summed E-state index contributed by atoms with van der Waals surface area (Å²) in [6.45, 7) is 1.82. The van der Waals surface area contributed by atoms with Crippen LogP contribution in [-0.2, 0) is 11.8 Å². The van der Waals surface area contributed by atoms with Gasteiger partial charge in [-0.2, -0.15) is 5.26 Å². The molecule has 0 radical (unpaired) electrons. The Balaban J connectivity index is 1.67. The normalized spacial score (nSPS) is 15.0. The average Bonchev–Trinajstić information content (AvgIpc) is 3.33. The molecule has 1 saturated carbocycles. The van der Waals surface area contributed by atoms with Crippen molar-refractivity contribution in [3.8, 4) is 6.07 Å². The number of carbonyl (C=O) groups is 1. The van der Waals surface area contributed by atoms with Gasteiger partial charge in [0, 0.05) is 13.0 Å². The molecule has 1 aliphatic rings. The Labute approximate surface area is 138 Å². The van der Waals surface area contributed by atoms with Crippen LogP contribution in [0.2, 0.25) is 0 Å². The van der Waals surface area contributed by atoms with Gasteiger partial charge in [0.1, 0.15) is 11.9 Å². The molecule has 0 saturated heterocycles. The van der Waals surface area contributed by atoms with Gasteiger partial charge in [0.15, 0.2) is 5.16 Å². The Morgan fingerprint density at radius 2 is 2.17 bits per heavy atom. The summed E-state index contributed by atoms with van der Waals surface area (Å²) in [5.41, 5.74) is 0.983. The Hall–Kier alpha value is -2.33. The summed E-state index contributed by atoms with van der Waals surface area (Å²) >= 11 is 1.37. The maximum Gasteiger partial charge on any atom is 0.237 e. The molecule has 1 aromatic carbocycles. The van der Waals surface area contributed by atoms with E-state index in [-0.39, 0.29) is 11.2 Å². The number of amides is 1. The number of benzene rings is 1. The number of nitrogens with zero attached hydrogens (tertiary/aromatic N) is 4. The van der Waals surface area contributed by atoms with E-state index in [2.05, 4.69) is 21.6 Å². The zero-order valence-corrected chi connectivity index (χ0v) is 13.8. The van der Waals surface area contributed by atoms with Gasteiger partial charge in [-0.15, -0.1) is 10.2 Å². The zero-order valence-electron chi connectivity index (χ0n) is 13.0. The van der Waals surface area contributed by atoms with E-state index >= 15 is 0 Å². The number of hydrogen-bond donors (Lipinski definition) is 1. The lowest BCUT2D eigenvalue weighted by molar-refractivity contribution is -0.115. The lowest BCUT2D eigenvalue weighted by Gasteiger charge is -2.12. The minimum Gasteiger partial charge on any atom is -0.324 e. The van der Waals surface area contributed by atoms with Crippen molar-refractivity contribution in [2.45, 2.75) is 36.1 Å². The second kappa shape index (κ2) is 6.42. The number of hydrogen-bond acceptors (Lipinski definition) is 5. The van der Waals surface area contributed by atoms with E-state index in [1.165, 1.54) is 11.8 Å². The molecular formula is C16H17N5OS. The van der Waals surface area contributed by atoms with Crippen LogP contribution in [-0.4, -0.2) is 25.9 Å². The Kier molecular flexibility index (Phi) is 4.35. The smallest absolute Gasteiger partial charge is 0.237 e. The fraction of sp³-hybridized carbons (Fsp3) is 0.375. The molecule has 2 aromatic rings. The van der Waals surface area contributed by atoms with Gasteiger partial charge in [-0.3, -0.25) is 4.79 Å². The largest absolute Gasteiger partial charge is 0.324 e. The van der Waals surface area contributed by atoms with Crippen LogP contribution < -0.4 is 5.32 Å². The maximum absolute atomic E-state index is 12.4. The first-order chi connectivity index (χ1) is 11.1. The van der Waals surface area contributed by atoms with Crippen LogP contribution >= 0.6 is 11.8 Å².